The smallest absolute Gasteiger partial charge is 0.372 e. The van der Waals surface area contributed by atoms with Crippen LogP contribution in [0.3, 0.4) is 0 Å². The van der Waals surface area contributed by atoms with E-state index in [-0.39, 0.29) is 31.4 Å². The molecule has 2 unspecified atom stereocenters. The molecule has 0 spiro atoms. The van der Waals surface area contributed by atoms with Crippen LogP contribution in [0.15, 0.2) is 28.1 Å². The van der Waals surface area contributed by atoms with Crippen molar-refractivity contribution in [2.24, 2.45) is 15.5 Å². The topological polar surface area (TPSA) is 149 Å². The van der Waals surface area contributed by atoms with E-state index in [1.165, 1.54) is 0 Å². The van der Waals surface area contributed by atoms with Gasteiger partial charge in [-0.2, -0.15) is 0 Å². The van der Waals surface area contributed by atoms with Crippen LogP contribution in [0.2, 0.25) is 0 Å². The van der Waals surface area contributed by atoms with Gasteiger partial charge in [0.05, 0.1) is 25.5 Å². The van der Waals surface area contributed by atoms with Gasteiger partial charge in [-0.3, -0.25) is 0 Å². The van der Waals surface area contributed by atoms with Crippen molar-refractivity contribution in [1.82, 2.24) is 0 Å². The molecule has 11 nitrogen and oxygen atoms in total. The van der Waals surface area contributed by atoms with Gasteiger partial charge in [-0.1, -0.05) is 33.1 Å². The molecule has 12 heteroatoms. The molecule has 31 heavy (non-hydrogen) atoms. The van der Waals surface area contributed by atoms with Crippen molar-refractivity contribution in [3.8, 4) is 0 Å². The molecule has 0 saturated carbocycles. The summed E-state index contributed by atoms with van der Waals surface area (Å²) in [4.78, 5) is 30.9. The van der Waals surface area contributed by atoms with Gasteiger partial charge in [-0.25, -0.2) is 9.59 Å². The summed E-state index contributed by atoms with van der Waals surface area (Å²) >= 11 is 5.02. The standard InChI is InChI=1S/C7H11NO3.C5H9NO2.C4H6ClNO3.C3H6/c1-3-10-7(9)6-4-5(2)11-8-6;1-4-2-5(3-7)6-8-4;1-2-9-4(7)3(5)6-8;1-3-2/h5H,3-4H2,1-2H3;4,7H,2-3H2,1H3;8H,2H2,1H3;3H,1H2,2H3/b;;6-3-;. The lowest BCUT2D eigenvalue weighted by Crippen LogP contribution is -2.16. The van der Waals surface area contributed by atoms with E-state index in [4.69, 9.17) is 36.3 Å². The van der Waals surface area contributed by atoms with Crippen LogP contribution in [0.5, 0.6) is 0 Å². The molecule has 2 rings (SSSR count). The van der Waals surface area contributed by atoms with Crippen molar-refractivity contribution in [3.05, 3.63) is 12.7 Å². The monoisotopic (exact) mass is 465 g/mol. The van der Waals surface area contributed by atoms with E-state index in [0.29, 0.717) is 18.7 Å². The maximum Gasteiger partial charge on any atom is 0.372 e. The van der Waals surface area contributed by atoms with E-state index >= 15 is 0 Å². The third kappa shape index (κ3) is 15.8. The van der Waals surface area contributed by atoms with E-state index in [9.17, 15) is 9.59 Å². The van der Waals surface area contributed by atoms with Gasteiger partial charge in [0.2, 0.25) is 0 Å². The number of carbonyl (C=O) groups excluding carboxylic acids is 2. The largest absolute Gasteiger partial charge is 0.461 e. The summed E-state index contributed by atoms with van der Waals surface area (Å²) in [5.74, 6) is -1.18. The number of aliphatic hydroxyl groups excluding tert-OH is 1. The summed E-state index contributed by atoms with van der Waals surface area (Å²) in [5.41, 5.74) is 1.14. The van der Waals surface area contributed by atoms with Crippen LogP contribution in [0, 0.1) is 0 Å². The molecular formula is C19H32ClN3O8. The Hall–Kier alpha value is -2.66. The first-order valence-corrected chi connectivity index (χ1v) is 9.92. The molecule has 0 aliphatic carbocycles. The maximum absolute atomic E-state index is 11.0. The highest BCUT2D eigenvalue weighted by Crippen LogP contribution is 2.10. The minimum Gasteiger partial charge on any atom is -0.461 e. The number of oxime groups is 3. The SMILES string of the molecule is C=CC.CC1CC(CO)=NO1.CCOC(=O)/C(Cl)=N/O.CCOC(=O)C1=NOC(C)C1. The Morgan fingerprint density at radius 1 is 1.19 bits per heavy atom. The first kappa shape index (κ1) is 30.5. The van der Waals surface area contributed by atoms with E-state index in [1.54, 1.807) is 19.9 Å². The minimum atomic E-state index is -0.818. The fourth-order valence-electron chi connectivity index (χ4n) is 1.73. The molecule has 0 bridgehead atoms. The first-order chi connectivity index (χ1) is 14.7. The van der Waals surface area contributed by atoms with E-state index in [2.05, 4.69) is 26.8 Å². The molecular weight excluding hydrogens is 434 g/mol. The molecule has 0 aromatic carbocycles. The van der Waals surface area contributed by atoms with Gasteiger partial charge in [-0.05, 0) is 34.6 Å². The second-order valence-corrected chi connectivity index (χ2v) is 6.19. The van der Waals surface area contributed by atoms with Crippen molar-refractivity contribution in [2.75, 3.05) is 19.8 Å². The van der Waals surface area contributed by atoms with Crippen molar-refractivity contribution in [3.63, 3.8) is 0 Å². The highest BCUT2D eigenvalue weighted by molar-refractivity contribution is 6.81. The summed E-state index contributed by atoms with van der Waals surface area (Å²) in [7, 11) is 0. The molecule has 2 aliphatic heterocycles. The molecule has 2 heterocycles. The van der Waals surface area contributed by atoms with Crippen LogP contribution in [-0.4, -0.2) is 70.9 Å². The molecule has 2 N–H and O–H groups in total. The van der Waals surface area contributed by atoms with Crippen molar-refractivity contribution >= 4 is 40.1 Å². The number of halogens is 1. The highest BCUT2D eigenvalue weighted by Gasteiger charge is 2.23. The second-order valence-electron chi connectivity index (χ2n) is 5.83. The number of hydrogen-bond donors (Lipinski definition) is 2. The molecule has 0 fully saturated rings. The molecule has 0 aromatic heterocycles. The van der Waals surface area contributed by atoms with Crippen LogP contribution in [0.4, 0.5) is 0 Å². The predicted molar refractivity (Wildman–Crippen MR) is 116 cm³/mol. The van der Waals surface area contributed by atoms with Crippen LogP contribution in [0.25, 0.3) is 0 Å². The average molecular weight is 466 g/mol. The number of nitrogens with zero attached hydrogens (tertiary/aromatic N) is 3. The van der Waals surface area contributed by atoms with Crippen LogP contribution in [0.1, 0.15) is 47.5 Å². The zero-order valence-electron chi connectivity index (χ0n) is 18.5. The molecule has 2 aliphatic rings. The predicted octanol–water partition coefficient (Wildman–Crippen LogP) is 2.63. The van der Waals surface area contributed by atoms with Gasteiger partial charge in [0.1, 0.15) is 12.2 Å². The quantitative estimate of drug-likeness (QED) is 0.207. The number of rotatable bonds is 5. The molecule has 0 aromatic rings. The van der Waals surface area contributed by atoms with Crippen LogP contribution in [-0.2, 0) is 28.7 Å². The van der Waals surface area contributed by atoms with Crippen molar-refractivity contribution in [1.29, 1.82) is 0 Å². The van der Waals surface area contributed by atoms with Crippen LogP contribution >= 0.6 is 11.6 Å². The van der Waals surface area contributed by atoms with Gasteiger partial charge in [-0.15, -0.1) is 6.58 Å². The molecule has 2 atom stereocenters. The van der Waals surface area contributed by atoms with Gasteiger partial charge in [0, 0.05) is 12.8 Å². The summed E-state index contributed by atoms with van der Waals surface area (Å²) < 4.78 is 9.06. The lowest BCUT2D eigenvalue weighted by molar-refractivity contribution is -0.135. The number of ether oxygens (including phenoxy) is 2. The second kappa shape index (κ2) is 19.3. The molecule has 0 amide bonds. The van der Waals surface area contributed by atoms with E-state index in [0.717, 1.165) is 12.1 Å². The summed E-state index contributed by atoms with van der Waals surface area (Å²) in [6.45, 7) is 13.0. The maximum atomic E-state index is 11.0. The minimum absolute atomic E-state index is 0.00871. The lowest BCUT2D eigenvalue weighted by Gasteiger charge is -1.98. The van der Waals surface area contributed by atoms with Gasteiger partial charge >= 0.3 is 11.9 Å². The van der Waals surface area contributed by atoms with E-state index < -0.39 is 11.1 Å². The Kier molecular flexibility index (Phi) is 19.0. The van der Waals surface area contributed by atoms with Crippen molar-refractivity contribution < 1.29 is 39.1 Å². The fraction of sp³-hybridized carbons (Fsp3) is 0.632. The Balaban J connectivity index is 0. The van der Waals surface area contributed by atoms with Gasteiger partial charge < -0.3 is 29.5 Å². The fourth-order valence-corrected chi connectivity index (χ4v) is 1.79. The molecule has 0 saturated heterocycles. The number of hydrogen-bond acceptors (Lipinski definition) is 11. The Bertz CT molecular complexity index is 638. The number of esters is 2. The van der Waals surface area contributed by atoms with E-state index in [1.807, 2.05) is 20.8 Å². The zero-order valence-corrected chi connectivity index (χ0v) is 19.3. The van der Waals surface area contributed by atoms with Crippen molar-refractivity contribution in [2.45, 2.75) is 59.7 Å². The third-order valence-electron chi connectivity index (χ3n) is 2.93. The highest BCUT2D eigenvalue weighted by atomic mass is 35.5. The van der Waals surface area contributed by atoms with Crippen LogP contribution < -0.4 is 0 Å². The summed E-state index contributed by atoms with van der Waals surface area (Å²) in [6.07, 6.45) is 3.25. The Morgan fingerprint density at radius 3 is 2.03 bits per heavy atom. The summed E-state index contributed by atoms with van der Waals surface area (Å²) in [5, 5.41) is 25.4. The zero-order chi connectivity index (χ0) is 24.2. The Labute approximate surface area is 187 Å². The third-order valence-corrected chi connectivity index (χ3v) is 3.16. The van der Waals surface area contributed by atoms with Gasteiger partial charge in [0.15, 0.2) is 5.71 Å². The van der Waals surface area contributed by atoms with Gasteiger partial charge in [0.25, 0.3) is 5.17 Å². The average Bonchev–Trinajstić information content (AvgIpc) is 3.37. The number of carbonyl (C=O) groups is 2. The lowest BCUT2D eigenvalue weighted by atomic mass is 10.2. The number of aliphatic hydroxyl groups is 1. The number of allylic oxidation sites excluding steroid dienone is 1. The summed E-state index contributed by atoms with van der Waals surface area (Å²) in [6, 6.07) is 0. The molecule has 178 valence electrons. The normalized spacial score (nSPS) is 18.6. The Morgan fingerprint density at radius 2 is 1.71 bits per heavy atom. The molecule has 0 radical (unpaired) electrons. The first-order valence-electron chi connectivity index (χ1n) is 9.54.